The van der Waals surface area contributed by atoms with Crippen LogP contribution in [0.5, 0.6) is 0 Å². The van der Waals surface area contributed by atoms with Crippen LogP contribution in [0.25, 0.3) is 55.5 Å². The van der Waals surface area contributed by atoms with Gasteiger partial charge in [0.15, 0.2) is 0 Å². The summed E-state index contributed by atoms with van der Waals surface area (Å²) in [5, 5.41) is 1.25. The van der Waals surface area contributed by atoms with Crippen LogP contribution in [-0.2, 0) is 52.9 Å². The molecule has 0 bridgehead atoms. The van der Waals surface area contributed by atoms with Crippen molar-refractivity contribution in [2.45, 2.75) is 83.7 Å². The van der Waals surface area contributed by atoms with E-state index in [0.29, 0.717) is 44.9 Å². The fourth-order valence-electron chi connectivity index (χ4n) is 13.0. The molecule has 5 heteroatoms. The topological polar surface area (TPSA) is 35.9 Å². The molecule has 10 aromatic carbocycles. The first-order valence-electron chi connectivity index (χ1n) is 29.6. The first kappa shape index (κ1) is 53.7. The number of ether oxygens (including phenoxy) is 3. The molecule has 1 aromatic heterocycles. The molecular formula is C78H72N2O3. The van der Waals surface area contributed by atoms with Crippen molar-refractivity contribution in [1.29, 1.82) is 0 Å². The van der Waals surface area contributed by atoms with Crippen LogP contribution < -0.4 is 4.90 Å². The molecule has 2 aliphatic carbocycles. The smallest absolute Gasteiger partial charge is 0.0869 e. The first-order chi connectivity index (χ1) is 40.6. The van der Waals surface area contributed by atoms with Gasteiger partial charge in [0.25, 0.3) is 0 Å². The van der Waals surface area contributed by atoms with Crippen LogP contribution >= 0.6 is 0 Å². The molecule has 412 valence electrons. The Kier molecular flexibility index (Phi) is 15.1. The molecular weight excluding hydrogens is 1010 g/mol. The Morgan fingerprint density at radius 2 is 1.01 bits per heavy atom. The quantitative estimate of drug-likeness (QED) is 0.0713. The fraction of sp³-hybridized carbons (Fsp3) is 0.205. The van der Waals surface area contributed by atoms with Crippen LogP contribution in [0.15, 0.2) is 243 Å². The Bertz CT molecular complexity index is 4030. The minimum Gasteiger partial charge on any atom is -0.374 e. The van der Waals surface area contributed by atoms with Gasteiger partial charge in [-0.1, -0.05) is 228 Å². The summed E-state index contributed by atoms with van der Waals surface area (Å²) in [5.41, 5.74) is 26.0. The van der Waals surface area contributed by atoms with Crippen molar-refractivity contribution in [3.8, 4) is 44.6 Å². The normalized spacial score (nSPS) is 14.6. The molecule has 2 aliphatic rings. The van der Waals surface area contributed by atoms with Gasteiger partial charge in [-0.05, 0) is 144 Å². The van der Waals surface area contributed by atoms with E-state index in [1.807, 2.05) is 0 Å². The summed E-state index contributed by atoms with van der Waals surface area (Å²) in [4.78, 5) is 2.41. The molecule has 0 N–H and O–H groups in total. The van der Waals surface area contributed by atoms with E-state index in [-0.39, 0.29) is 11.5 Å². The third-order valence-corrected chi connectivity index (χ3v) is 17.8. The van der Waals surface area contributed by atoms with E-state index in [1.54, 1.807) is 0 Å². The lowest BCUT2D eigenvalue weighted by Crippen LogP contribution is -2.21. The van der Waals surface area contributed by atoms with Crippen molar-refractivity contribution in [1.82, 2.24) is 4.57 Å². The molecule has 0 fully saturated rings. The van der Waals surface area contributed by atoms with Gasteiger partial charge in [-0.25, -0.2) is 0 Å². The fourth-order valence-corrected chi connectivity index (χ4v) is 13.0. The van der Waals surface area contributed by atoms with Gasteiger partial charge in [-0.15, -0.1) is 0 Å². The Labute approximate surface area is 490 Å². The van der Waals surface area contributed by atoms with E-state index in [1.165, 1.54) is 100 Å². The summed E-state index contributed by atoms with van der Waals surface area (Å²) in [6.07, 6.45) is 2.30. The Hall–Kier alpha value is -8.58. The number of benzene rings is 10. The van der Waals surface area contributed by atoms with E-state index >= 15 is 0 Å². The van der Waals surface area contributed by atoms with Crippen molar-refractivity contribution in [3.63, 3.8) is 0 Å². The average molecular weight is 1090 g/mol. The zero-order valence-electron chi connectivity index (χ0n) is 48.4. The summed E-state index contributed by atoms with van der Waals surface area (Å²) in [6, 6.07) is 89.0. The number of fused-ring (bicyclic) bond motifs is 5. The highest BCUT2D eigenvalue weighted by Crippen LogP contribution is 2.51. The molecule has 13 rings (SSSR count). The molecule has 0 radical (unpaired) electrons. The van der Waals surface area contributed by atoms with Gasteiger partial charge in [0.2, 0.25) is 0 Å². The van der Waals surface area contributed by atoms with Gasteiger partial charge >= 0.3 is 0 Å². The summed E-state index contributed by atoms with van der Waals surface area (Å²) in [6.45, 7) is 12.3. The van der Waals surface area contributed by atoms with Crippen molar-refractivity contribution in [2.75, 3.05) is 18.1 Å². The summed E-state index contributed by atoms with van der Waals surface area (Å²) >= 11 is 0. The highest BCUT2D eigenvalue weighted by Gasteiger charge is 2.36. The van der Waals surface area contributed by atoms with Gasteiger partial charge < -0.3 is 23.7 Å². The number of rotatable bonds is 20. The lowest BCUT2D eigenvalue weighted by Gasteiger charge is -2.29. The average Bonchev–Trinajstić information content (AvgIpc) is 2.25. The van der Waals surface area contributed by atoms with E-state index in [9.17, 15) is 0 Å². The maximum Gasteiger partial charge on any atom is 0.0869 e. The second-order valence-electron chi connectivity index (χ2n) is 23.5. The maximum atomic E-state index is 6.29. The lowest BCUT2D eigenvalue weighted by molar-refractivity contribution is -0.0100. The van der Waals surface area contributed by atoms with Crippen LogP contribution in [0.1, 0.15) is 102 Å². The van der Waals surface area contributed by atoms with Gasteiger partial charge in [0.05, 0.1) is 44.8 Å². The molecule has 5 nitrogen and oxygen atoms in total. The first-order valence-corrected chi connectivity index (χ1v) is 29.6. The third-order valence-electron chi connectivity index (χ3n) is 17.8. The molecule has 0 aliphatic heterocycles. The van der Waals surface area contributed by atoms with Gasteiger partial charge in [0, 0.05) is 52.4 Å². The van der Waals surface area contributed by atoms with E-state index in [4.69, 9.17) is 14.2 Å². The number of nitrogens with zero attached hydrogens (tertiary/aromatic N) is 2. The molecule has 0 spiro atoms. The number of anilines is 3. The van der Waals surface area contributed by atoms with Crippen LogP contribution in [-0.4, -0.2) is 17.8 Å². The summed E-state index contributed by atoms with van der Waals surface area (Å²) < 4.78 is 20.6. The van der Waals surface area contributed by atoms with Gasteiger partial charge in [-0.2, -0.15) is 0 Å². The van der Waals surface area contributed by atoms with E-state index in [0.717, 1.165) is 35.5 Å². The Morgan fingerprint density at radius 3 is 1.67 bits per heavy atom. The minimum absolute atomic E-state index is 0.127. The van der Waals surface area contributed by atoms with Crippen LogP contribution in [0.4, 0.5) is 17.1 Å². The molecule has 0 amide bonds. The molecule has 3 unspecified atom stereocenters. The number of para-hydroxylation sites is 1. The van der Waals surface area contributed by atoms with Crippen molar-refractivity contribution in [3.05, 3.63) is 293 Å². The van der Waals surface area contributed by atoms with Crippen molar-refractivity contribution < 1.29 is 14.2 Å². The second kappa shape index (κ2) is 23.3. The zero-order chi connectivity index (χ0) is 56.4. The van der Waals surface area contributed by atoms with Crippen LogP contribution in [0, 0.1) is 0 Å². The van der Waals surface area contributed by atoms with Crippen LogP contribution in [0.2, 0.25) is 0 Å². The van der Waals surface area contributed by atoms with E-state index in [2.05, 4.69) is 287 Å². The lowest BCUT2D eigenvalue weighted by atomic mass is 9.82. The predicted octanol–water partition coefficient (Wildman–Crippen LogP) is 19.8. The molecule has 11 aromatic rings. The van der Waals surface area contributed by atoms with Crippen LogP contribution in [0.3, 0.4) is 0 Å². The second-order valence-corrected chi connectivity index (χ2v) is 23.5. The van der Waals surface area contributed by atoms with Gasteiger partial charge in [-0.3, -0.25) is 0 Å². The highest BCUT2D eigenvalue weighted by molar-refractivity contribution is 6.04. The standard InChI is InChI=1S/C78H72N2O3/c1-53(58-29-23-55(24-30-58)50-81-45-46-83-75-48-64-17-9-10-18-68(64)75)47-54(2)59-31-25-56(26-32-59)51-82-52-57-27-33-60(34-28-57)61-35-39-65(40-36-61)80(67-43-44-70-69-19-11-13-21-72(69)78(3,4)73(70)49-67)66-41-37-62(38-42-66)76-71-20-12-14-22-74(71)79(5)77(76)63-15-7-6-8-16-63/h6-44,49,53-54,75H,45-48,50-52H2,1-5H3. The largest absolute Gasteiger partial charge is 0.374 e. The monoisotopic (exact) mass is 1080 g/mol. The van der Waals surface area contributed by atoms with Gasteiger partial charge in [0.1, 0.15) is 0 Å². The third kappa shape index (κ3) is 10.9. The minimum atomic E-state index is -0.127. The van der Waals surface area contributed by atoms with Crippen molar-refractivity contribution >= 4 is 28.0 Å². The molecule has 83 heavy (non-hydrogen) atoms. The molecule has 3 atom stereocenters. The maximum absolute atomic E-state index is 6.29. The summed E-state index contributed by atoms with van der Waals surface area (Å²) in [5.74, 6) is 0.877. The number of hydrogen-bond donors (Lipinski definition) is 0. The van der Waals surface area contributed by atoms with Crippen molar-refractivity contribution in [2.24, 2.45) is 7.05 Å². The number of hydrogen-bond acceptors (Lipinski definition) is 4. The molecule has 0 saturated carbocycles. The molecule has 0 saturated heterocycles. The number of aryl methyl sites for hydroxylation is 1. The SMILES string of the molecule is CC(CC(C)c1ccc(COCc2ccc(-c3ccc(N(c4ccc(-c5c(-c6ccccc6)n(C)c6ccccc56)cc4)c4ccc5c(c4)C(C)(C)c4ccccc4-5)cc3)cc2)cc1)c1ccc(COCCOC2Cc3ccccc32)cc1. The Balaban J connectivity index is 0.645. The highest BCUT2D eigenvalue weighted by atomic mass is 16.5. The molecule has 1 heterocycles. The van der Waals surface area contributed by atoms with E-state index < -0.39 is 0 Å². The zero-order valence-corrected chi connectivity index (χ0v) is 48.4. The Morgan fingerprint density at radius 1 is 0.482 bits per heavy atom. The number of aromatic nitrogens is 1. The summed E-state index contributed by atoms with van der Waals surface area (Å²) in [7, 11) is 2.18. The predicted molar refractivity (Wildman–Crippen MR) is 343 cm³/mol.